The van der Waals surface area contributed by atoms with Crippen molar-refractivity contribution in [2.45, 2.75) is 47.1 Å². The number of thiazole rings is 1. The topological polar surface area (TPSA) is 28.2 Å². The Bertz CT molecular complexity index is 402. The van der Waals surface area contributed by atoms with E-state index in [-0.39, 0.29) is 0 Å². The van der Waals surface area contributed by atoms with Gasteiger partial charge in [0.25, 0.3) is 0 Å². The number of hydrogen-bond donors (Lipinski definition) is 1. The predicted octanol–water partition coefficient (Wildman–Crippen LogP) is 3.30. The van der Waals surface area contributed by atoms with Crippen LogP contribution >= 0.6 is 11.3 Å². The van der Waals surface area contributed by atoms with E-state index in [1.807, 2.05) is 5.51 Å². The lowest BCUT2D eigenvalue weighted by atomic mass is 9.92. The molecule has 0 aromatic carbocycles. The van der Waals surface area contributed by atoms with Crippen molar-refractivity contribution < 1.29 is 0 Å². The monoisotopic (exact) mass is 295 g/mol. The van der Waals surface area contributed by atoms with Gasteiger partial charge < -0.3 is 5.32 Å². The summed E-state index contributed by atoms with van der Waals surface area (Å²) in [5, 5.41) is 3.48. The average molecular weight is 295 g/mol. The molecule has 0 bridgehead atoms. The minimum absolute atomic E-state index is 0.412. The Kier molecular flexibility index (Phi) is 5.58. The fraction of sp³-hybridized carbons (Fsp3) is 0.812. The molecule has 2 rings (SSSR count). The van der Waals surface area contributed by atoms with Crippen molar-refractivity contribution in [2.24, 2.45) is 11.3 Å². The normalized spacial score (nSPS) is 19.9. The summed E-state index contributed by atoms with van der Waals surface area (Å²) in [5.74, 6) is 0.822. The van der Waals surface area contributed by atoms with Crippen LogP contribution in [0.4, 0.5) is 0 Å². The fourth-order valence-electron chi connectivity index (χ4n) is 2.64. The highest BCUT2D eigenvalue weighted by atomic mass is 32.1. The van der Waals surface area contributed by atoms with Crippen LogP contribution in [0.1, 0.15) is 44.2 Å². The molecule has 0 aliphatic carbocycles. The molecule has 1 aliphatic rings. The summed E-state index contributed by atoms with van der Waals surface area (Å²) in [5.41, 5.74) is 3.60. The van der Waals surface area contributed by atoms with E-state index >= 15 is 0 Å². The quantitative estimate of drug-likeness (QED) is 0.873. The Morgan fingerprint density at radius 3 is 2.80 bits per heavy atom. The van der Waals surface area contributed by atoms with Crippen molar-refractivity contribution in [3.05, 3.63) is 16.1 Å². The molecule has 1 fully saturated rings. The van der Waals surface area contributed by atoms with Crippen LogP contribution < -0.4 is 5.32 Å². The van der Waals surface area contributed by atoms with Gasteiger partial charge in [-0.25, -0.2) is 4.98 Å². The maximum atomic E-state index is 4.39. The summed E-state index contributed by atoms with van der Waals surface area (Å²) in [6.07, 6.45) is 2.58. The highest BCUT2D eigenvalue weighted by Crippen LogP contribution is 2.22. The smallest absolute Gasteiger partial charge is 0.0798 e. The third kappa shape index (κ3) is 5.15. The maximum absolute atomic E-state index is 4.39. The van der Waals surface area contributed by atoms with Crippen molar-refractivity contribution in [3.63, 3.8) is 0 Å². The second kappa shape index (κ2) is 7.01. The molecule has 0 amide bonds. The summed E-state index contributed by atoms with van der Waals surface area (Å²) in [7, 11) is 0. The Morgan fingerprint density at radius 1 is 1.45 bits per heavy atom. The minimum Gasteiger partial charge on any atom is -0.316 e. The van der Waals surface area contributed by atoms with Gasteiger partial charge in [0, 0.05) is 18.0 Å². The van der Waals surface area contributed by atoms with Crippen molar-refractivity contribution >= 4 is 11.3 Å². The molecule has 20 heavy (non-hydrogen) atoms. The lowest BCUT2D eigenvalue weighted by Crippen LogP contribution is -2.32. The van der Waals surface area contributed by atoms with Gasteiger partial charge in [-0.2, -0.15) is 0 Å². The zero-order chi connectivity index (χ0) is 14.6. The Balaban J connectivity index is 1.93. The molecule has 0 radical (unpaired) electrons. The first-order valence-electron chi connectivity index (χ1n) is 7.76. The Hall–Kier alpha value is -0.450. The SMILES string of the molecule is Cc1ncsc1CN(CCC(C)(C)C)CC1CCNC1. The summed E-state index contributed by atoms with van der Waals surface area (Å²) in [6.45, 7) is 15.0. The molecule has 2 heterocycles. The van der Waals surface area contributed by atoms with E-state index in [0.717, 1.165) is 12.5 Å². The van der Waals surface area contributed by atoms with Crippen LogP contribution in [0.3, 0.4) is 0 Å². The van der Waals surface area contributed by atoms with Gasteiger partial charge >= 0.3 is 0 Å². The lowest BCUT2D eigenvalue weighted by molar-refractivity contribution is 0.197. The number of hydrogen-bond acceptors (Lipinski definition) is 4. The predicted molar refractivity (Wildman–Crippen MR) is 87.2 cm³/mol. The van der Waals surface area contributed by atoms with Gasteiger partial charge in [-0.1, -0.05) is 20.8 Å². The molecular weight excluding hydrogens is 266 g/mol. The summed E-state index contributed by atoms with van der Waals surface area (Å²) >= 11 is 1.80. The van der Waals surface area contributed by atoms with Crippen LogP contribution in [0.2, 0.25) is 0 Å². The molecule has 3 nitrogen and oxygen atoms in total. The molecule has 4 heteroatoms. The minimum atomic E-state index is 0.412. The van der Waals surface area contributed by atoms with Crippen LogP contribution in [0.5, 0.6) is 0 Å². The Morgan fingerprint density at radius 2 is 2.25 bits per heavy atom. The first-order valence-corrected chi connectivity index (χ1v) is 8.64. The first kappa shape index (κ1) is 15.9. The van der Waals surface area contributed by atoms with E-state index in [2.05, 4.69) is 42.9 Å². The number of rotatable bonds is 6. The third-order valence-corrected chi connectivity index (χ3v) is 4.99. The van der Waals surface area contributed by atoms with Gasteiger partial charge in [-0.15, -0.1) is 11.3 Å². The van der Waals surface area contributed by atoms with Crippen LogP contribution in [-0.2, 0) is 6.54 Å². The molecule has 0 spiro atoms. The van der Waals surface area contributed by atoms with Gasteiger partial charge in [-0.05, 0) is 50.7 Å². The van der Waals surface area contributed by atoms with Crippen molar-refractivity contribution in [3.8, 4) is 0 Å². The highest BCUT2D eigenvalue weighted by Gasteiger charge is 2.21. The fourth-order valence-corrected chi connectivity index (χ4v) is 3.46. The van der Waals surface area contributed by atoms with Gasteiger partial charge in [0.05, 0.1) is 11.2 Å². The van der Waals surface area contributed by atoms with E-state index in [4.69, 9.17) is 0 Å². The van der Waals surface area contributed by atoms with Crippen molar-refractivity contribution in [2.75, 3.05) is 26.2 Å². The maximum Gasteiger partial charge on any atom is 0.0798 e. The largest absolute Gasteiger partial charge is 0.316 e. The zero-order valence-corrected chi connectivity index (χ0v) is 14.2. The standard InChI is InChI=1S/C16H29N3S/c1-13-15(20-12-18-13)11-19(8-6-16(2,3)4)10-14-5-7-17-9-14/h12,14,17H,5-11H2,1-4H3. The van der Waals surface area contributed by atoms with Crippen molar-refractivity contribution in [1.82, 2.24) is 15.2 Å². The molecule has 1 N–H and O–H groups in total. The molecule has 1 aromatic rings. The van der Waals surface area contributed by atoms with E-state index in [0.29, 0.717) is 5.41 Å². The summed E-state index contributed by atoms with van der Waals surface area (Å²) in [4.78, 5) is 8.47. The highest BCUT2D eigenvalue weighted by molar-refractivity contribution is 7.09. The third-order valence-electron chi connectivity index (χ3n) is 4.07. The van der Waals surface area contributed by atoms with E-state index in [9.17, 15) is 0 Å². The molecule has 1 unspecified atom stereocenters. The van der Waals surface area contributed by atoms with Gasteiger partial charge in [0.2, 0.25) is 0 Å². The second-order valence-corrected chi connectivity index (χ2v) is 8.20. The number of nitrogens with one attached hydrogen (secondary N) is 1. The molecular formula is C16H29N3S. The second-order valence-electron chi connectivity index (χ2n) is 7.27. The first-order chi connectivity index (χ1) is 9.44. The molecule has 1 saturated heterocycles. The van der Waals surface area contributed by atoms with Gasteiger partial charge in [0.1, 0.15) is 0 Å². The van der Waals surface area contributed by atoms with E-state index in [1.54, 1.807) is 11.3 Å². The molecule has 1 atom stereocenters. The molecule has 1 aliphatic heterocycles. The zero-order valence-electron chi connectivity index (χ0n) is 13.4. The van der Waals surface area contributed by atoms with Crippen LogP contribution in [0.15, 0.2) is 5.51 Å². The van der Waals surface area contributed by atoms with E-state index < -0.39 is 0 Å². The summed E-state index contributed by atoms with van der Waals surface area (Å²) in [6, 6.07) is 0. The average Bonchev–Trinajstić information content (AvgIpc) is 2.98. The van der Waals surface area contributed by atoms with Crippen molar-refractivity contribution in [1.29, 1.82) is 0 Å². The van der Waals surface area contributed by atoms with E-state index in [1.165, 1.54) is 49.6 Å². The molecule has 0 saturated carbocycles. The van der Waals surface area contributed by atoms with Gasteiger partial charge in [-0.3, -0.25) is 4.90 Å². The summed E-state index contributed by atoms with van der Waals surface area (Å²) < 4.78 is 0. The number of aromatic nitrogens is 1. The molecule has 1 aromatic heterocycles. The number of aryl methyl sites for hydroxylation is 1. The number of nitrogens with zero attached hydrogens (tertiary/aromatic N) is 2. The van der Waals surface area contributed by atoms with Crippen LogP contribution in [0.25, 0.3) is 0 Å². The molecule has 114 valence electrons. The van der Waals surface area contributed by atoms with Crippen LogP contribution in [-0.4, -0.2) is 36.1 Å². The lowest BCUT2D eigenvalue weighted by Gasteiger charge is -2.28. The van der Waals surface area contributed by atoms with Crippen LogP contribution in [0, 0.1) is 18.3 Å². The van der Waals surface area contributed by atoms with Gasteiger partial charge in [0.15, 0.2) is 0 Å². The Labute approximate surface area is 127 Å².